The van der Waals surface area contributed by atoms with E-state index >= 15 is 0 Å². The van der Waals surface area contributed by atoms with Gasteiger partial charge < -0.3 is 14.0 Å². The maximum Gasteiger partial charge on any atom is 0.164 e. The van der Waals surface area contributed by atoms with Crippen LogP contribution in [0.2, 0.25) is 0 Å². The molecule has 1 aromatic carbocycles. The van der Waals surface area contributed by atoms with Crippen LogP contribution >= 0.6 is 0 Å². The minimum atomic E-state index is 0.290. The lowest BCUT2D eigenvalue weighted by molar-refractivity contribution is 0.355. The van der Waals surface area contributed by atoms with E-state index in [9.17, 15) is 0 Å². The molecule has 0 aliphatic carbocycles. The van der Waals surface area contributed by atoms with Crippen molar-refractivity contribution in [2.75, 3.05) is 14.2 Å². The summed E-state index contributed by atoms with van der Waals surface area (Å²) in [7, 11) is 3.23. The van der Waals surface area contributed by atoms with Crippen LogP contribution in [0.4, 0.5) is 0 Å². The van der Waals surface area contributed by atoms with Gasteiger partial charge in [0, 0.05) is 11.6 Å². The van der Waals surface area contributed by atoms with Crippen LogP contribution in [0.1, 0.15) is 19.9 Å². The standard InChI is InChI=1S/C16H18N4O2/c1-10(2)20-9-19-15-14(17-8-18-16(15)20)11-5-6-12(21-3)13(7-11)22-4/h5-10H,1-4H3. The first-order valence-corrected chi connectivity index (χ1v) is 7.05. The summed E-state index contributed by atoms with van der Waals surface area (Å²) in [6.45, 7) is 4.19. The fraction of sp³-hybridized carbons (Fsp3) is 0.312. The summed E-state index contributed by atoms with van der Waals surface area (Å²) in [6.07, 6.45) is 3.36. The van der Waals surface area contributed by atoms with E-state index in [0.717, 1.165) is 22.4 Å². The molecule has 0 radical (unpaired) electrons. The molecule has 2 heterocycles. The molecular formula is C16H18N4O2. The maximum atomic E-state index is 5.36. The van der Waals surface area contributed by atoms with Gasteiger partial charge in [0.1, 0.15) is 17.5 Å². The van der Waals surface area contributed by atoms with Crippen molar-refractivity contribution in [3.63, 3.8) is 0 Å². The van der Waals surface area contributed by atoms with Crippen LogP contribution in [0.15, 0.2) is 30.9 Å². The molecule has 0 atom stereocenters. The summed E-state index contributed by atoms with van der Waals surface area (Å²) in [5.41, 5.74) is 3.31. The zero-order valence-corrected chi connectivity index (χ0v) is 13.1. The van der Waals surface area contributed by atoms with Gasteiger partial charge in [0.2, 0.25) is 0 Å². The first-order chi connectivity index (χ1) is 10.7. The van der Waals surface area contributed by atoms with E-state index < -0.39 is 0 Å². The molecule has 2 aromatic heterocycles. The highest BCUT2D eigenvalue weighted by Crippen LogP contribution is 2.33. The van der Waals surface area contributed by atoms with E-state index in [1.807, 2.05) is 22.8 Å². The van der Waals surface area contributed by atoms with E-state index in [1.54, 1.807) is 26.9 Å². The fourth-order valence-electron chi connectivity index (χ4n) is 2.42. The van der Waals surface area contributed by atoms with Crippen molar-refractivity contribution in [2.24, 2.45) is 0 Å². The Morgan fingerprint density at radius 2 is 1.77 bits per heavy atom. The lowest BCUT2D eigenvalue weighted by Crippen LogP contribution is -2.00. The molecule has 0 bridgehead atoms. The molecule has 0 spiro atoms. The van der Waals surface area contributed by atoms with E-state index in [2.05, 4.69) is 28.8 Å². The second-order valence-corrected chi connectivity index (χ2v) is 5.21. The average molecular weight is 298 g/mol. The minimum absolute atomic E-state index is 0.290. The maximum absolute atomic E-state index is 5.36. The number of ether oxygens (including phenoxy) is 2. The molecule has 6 heteroatoms. The summed E-state index contributed by atoms with van der Waals surface area (Å²) in [6, 6.07) is 5.99. The van der Waals surface area contributed by atoms with Crippen molar-refractivity contribution in [2.45, 2.75) is 19.9 Å². The number of fused-ring (bicyclic) bond motifs is 1. The van der Waals surface area contributed by atoms with Crippen molar-refractivity contribution < 1.29 is 9.47 Å². The van der Waals surface area contributed by atoms with Crippen LogP contribution in [0.5, 0.6) is 11.5 Å². The highest BCUT2D eigenvalue weighted by molar-refractivity contribution is 5.87. The van der Waals surface area contributed by atoms with Gasteiger partial charge in [-0.2, -0.15) is 0 Å². The lowest BCUT2D eigenvalue weighted by Gasteiger charge is -2.10. The third kappa shape index (κ3) is 2.26. The Labute approximate surface area is 128 Å². The molecule has 0 fully saturated rings. The number of benzene rings is 1. The van der Waals surface area contributed by atoms with E-state index in [0.29, 0.717) is 11.5 Å². The smallest absolute Gasteiger partial charge is 0.164 e. The average Bonchev–Trinajstić information content (AvgIpc) is 2.98. The third-order valence-corrected chi connectivity index (χ3v) is 3.57. The molecule has 114 valence electrons. The Bertz CT molecular complexity index is 811. The van der Waals surface area contributed by atoms with Crippen LogP contribution in [-0.4, -0.2) is 33.7 Å². The summed E-state index contributed by atoms with van der Waals surface area (Å²) < 4.78 is 12.7. The van der Waals surface area contributed by atoms with Gasteiger partial charge in [-0.15, -0.1) is 0 Å². The lowest BCUT2D eigenvalue weighted by atomic mass is 10.1. The van der Waals surface area contributed by atoms with Crippen molar-refractivity contribution in [1.82, 2.24) is 19.5 Å². The van der Waals surface area contributed by atoms with E-state index in [4.69, 9.17) is 9.47 Å². The molecule has 6 nitrogen and oxygen atoms in total. The summed E-state index contributed by atoms with van der Waals surface area (Å²) in [5.74, 6) is 1.35. The van der Waals surface area contributed by atoms with Crippen molar-refractivity contribution in [3.05, 3.63) is 30.9 Å². The summed E-state index contributed by atoms with van der Waals surface area (Å²) >= 11 is 0. The Morgan fingerprint density at radius 1 is 1.00 bits per heavy atom. The predicted octanol–water partition coefficient (Wildman–Crippen LogP) is 3.09. The molecule has 3 aromatic rings. The molecule has 0 saturated heterocycles. The van der Waals surface area contributed by atoms with Gasteiger partial charge in [-0.3, -0.25) is 0 Å². The predicted molar refractivity (Wildman–Crippen MR) is 84.2 cm³/mol. The van der Waals surface area contributed by atoms with Gasteiger partial charge in [-0.05, 0) is 32.0 Å². The molecule has 0 saturated carbocycles. The van der Waals surface area contributed by atoms with Crippen molar-refractivity contribution in [1.29, 1.82) is 0 Å². The van der Waals surface area contributed by atoms with E-state index in [-0.39, 0.29) is 6.04 Å². The normalized spacial score (nSPS) is 11.1. The molecule has 0 N–H and O–H groups in total. The Morgan fingerprint density at radius 3 is 2.45 bits per heavy atom. The zero-order chi connectivity index (χ0) is 15.7. The van der Waals surface area contributed by atoms with Crippen LogP contribution < -0.4 is 9.47 Å². The number of aromatic nitrogens is 4. The highest BCUT2D eigenvalue weighted by atomic mass is 16.5. The monoisotopic (exact) mass is 298 g/mol. The molecule has 0 unspecified atom stereocenters. The number of imidazole rings is 1. The first-order valence-electron chi connectivity index (χ1n) is 7.05. The first kappa shape index (κ1) is 14.3. The van der Waals surface area contributed by atoms with Crippen LogP contribution in [-0.2, 0) is 0 Å². The largest absolute Gasteiger partial charge is 0.493 e. The van der Waals surface area contributed by atoms with Gasteiger partial charge in [0.15, 0.2) is 17.1 Å². The minimum Gasteiger partial charge on any atom is -0.493 e. The van der Waals surface area contributed by atoms with Crippen LogP contribution in [0.3, 0.4) is 0 Å². The van der Waals surface area contributed by atoms with Crippen LogP contribution in [0, 0.1) is 0 Å². The second kappa shape index (κ2) is 5.63. The number of hydrogen-bond donors (Lipinski definition) is 0. The van der Waals surface area contributed by atoms with E-state index in [1.165, 1.54) is 0 Å². The van der Waals surface area contributed by atoms with Crippen molar-refractivity contribution >= 4 is 11.2 Å². The number of rotatable bonds is 4. The fourth-order valence-corrected chi connectivity index (χ4v) is 2.42. The number of nitrogens with zero attached hydrogens (tertiary/aromatic N) is 4. The van der Waals surface area contributed by atoms with Gasteiger partial charge in [0.25, 0.3) is 0 Å². The van der Waals surface area contributed by atoms with Crippen LogP contribution in [0.25, 0.3) is 22.4 Å². The number of methoxy groups -OCH3 is 2. The Kier molecular flexibility index (Phi) is 3.66. The molecule has 0 aliphatic rings. The SMILES string of the molecule is COc1ccc(-c2ncnc3c2ncn3C(C)C)cc1OC. The molecule has 22 heavy (non-hydrogen) atoms. The molecule has 0 amide bonds. The van der Waals surface area contributed by atoms with Gasteiger partial charge in [-0.25, -0.2) is 15.0 Å². The van der Waals surface area contributed by atoms with Gasteiger partial charge in [0.05, 0.1) is 20.5 Å². The molecule has 3 rings (SSSR count). The summed E-state index contributed by atoms with van der Waals surface area (Å²) in [5, 5.41) is 0. The Balaban J connectivity index is 2.18. The zero-order valence-electron chi connectivity index (χ0n) is 13.1. The quantitative estimate of drug-likeness (QED) is 0.740. The molecule has 0 aliphatic heterocycles. The second-order valence-electron chi connectivity index (χ2n) is 5.21. The third-order valence-electron chi connectivity index (χ3n) is 3.57. The highest BCUT2D eigenvalue weighted by Gasteiger charge is 2.15. The van der Waals surface area contributed by atoms with Crippen molar-refractivity contribution in [3.8, 4) is 22.8 Å². The van der Waals surface area contributed by atoms with Gasteiger partial charge >= 0.3 is 0 Å². The number of hydrogen-bond acceptors (Lipinski definition) is 5. The Hall–Kier alpha value is -2.63. The summed E-state index contributed by atoms with van der Waals surface area (Å²) in [4.78, 5) is 13.2. The molecular weight excluding hydrogens is 280 g/mol. The topological polar surface area (TPSA) is 62.1 Å². The van der Waals surface area contributed by atoms with Gasteiger partial charge in [-0.1, -0.05) is 0 Å².